The van der Waals surface area contributed by atoms with Crippen molar-refractivity contribution in [2.75, 3.05) is 17.7 Å². The van der Waals surface area contributed by atoms with E-state index in [9.17, 15) is 0 Å². The largest absolute Gasteiger partial charge is 0.476 e. The Morgan fingerprint density at radius 3 is 2.80 bits per heavy atom. The Bertz CT molecular complexity index is 314. The van der Waals surface area contributed by atoms with Crippen molar-refractivity contribution < 1.29 is 4.74 Å². The summed E-state index contributed by atoms with van der Waals surface area (Å²) in [6.45, 7) is 6.69. The quantitative estimate of drug-likeness (QED) is 0.773. The molecule has 0 saturated carbocycles. The van der Waals surface area contributed by atoms with Crippen molar-refractivity contribution in [2.45, 2.75) is 33.2 Å². The van der Waals surface area contributed by atoms with Crippen molar-refractivity contribution in [3.05, 3.63) is 6.33 Å². The fraction of sp³-hybridized carbons (Fsp3) is 0.600. The first-order valence-corrected chi connectivity index (χ1v) is 5.15. The molecule has 3 N–H and O–H groups in total. The zero-order valence-electron chi connectivity index (χ0n) is 9.45. The molecule has 0 amide bonds. The summed E-state index contributed by atoms with van der Waals surface area (Å²) in [6, 6.07) is 0.279. The van der Waals surface area contributed by atoms with E-state index in [-0.39, 0.29) is 6.04 Å². The lowest BCUT2D eigenvalue weighted by atomic mass is 10.3. The summed E-state index contributed by atoms with van der Waals surface area (Å²) in [5.41, 5.74) is 6.33. The number of hydrogen-bond acceptors (Lipinski definition) is 5. The predicted molar refractivity (Wildman–Crippen MR) is 61.0 cm³/mol. The van der Waals surface area contributed by atoms with Gasteiger partial charge in [0.1, 0.15) is 12.0 Å². The monoisotopic (exact) mass is 210 g/mol. The van der Waals surface area contributed by atoms with Gasteiger partial charge in [0.2, 0.25) is 5.88 Å². The van der Waals surface area contributed by atoms with Crippen LogP contribution in [-0.2, 0) is 0 Å². The molecule has 0 aromatic carbocycles. The Balaban J connectivity index is 2.80. The van der Waals surface area contributed by atoms with Crippen LogP contribution in [0.5, 0.6) is 5.88 Å². The van der Waals surface area contributed by atoms with Gasteiger partial charge in [0.15, 0.2) is 5.82 Å². The lowest BCUT2D eigenvalue weighted by molar-refractivity contribution is 0.306. The van der Waals surface area contributed by atoms with Crippen molar-refractivity contribution in [1.29, 1.82) is 0 Å². The number of nitrogens with one attached hydrogen (secondary N) is 1. The van der Waals surface area contributed by atoms with Crippen LogP contribution in [0.15, 0.2) is 6.33 Å². The molecule has 0 radical (unpaired) electrons. The molecule has 0 fully saturated rings. The molecule has 1 rings (SSSR count). The second-order valence-corrected chi connectivity index (χ2v) is 3.59. The number of hydrogen-bond donors (Lipinski definition) is 2. The molecule has 0 saturated heterocycles. The van der Waals surface area contributed by atoms with Gasteiger partial charge in [0.05, 0.1) is 6.61 Å². The Morgan fingerprint density at radius 2 is 2.20 bits per heavy atom. The van der Waals surface area contributed by atoms with Crippen LogP contribution in [0.2, 0.25) is 0 Å². The van der Waals surface area contributed by atoms with E-state index < -0.39 is 0 Å². The van der Waals surface area contributed by atoms with Gasteiger partial charge in [-0.25, -0.2) is 4.98 Å². The second kappa shape index (κ2) is 5.38. The third kappa shape index (κ3) is 3.27. The van der Waals surface area contributed by atoms with E-state index in [4.69, 9.17) is 10.5 Å². The van der Waals surface area contributed by atoms with Crippen molar-refractivity contribution in [1.82, 2.24) is 9.97 Å². The molecule has 0 aliphatic heterocycles. The molecule has 0 bridgehead atoms. The number of nitrogens with zero attached hydrogens (tertiary/aromatic N) is 2. The standard InChI is InChI=1S/C10H18N4O/c1-4-5-15-10-8(11)9(12-6-13-10)14-7(2)3/h6-7H,4-5,11H2,1-3H3,(H,12,13,14). The van der Waals surface area contributed by atoms with Gasteiger partial charge in [-0.15, -0.1) is 0 Å². The average molecular weight is 210 g/mol. The molecule has 1 aromatic rings. The van der Waals surface area contributed by atoms with Crippen LogP contribution in [0, 0.1) is 0 Å². The molecule has 0 spiro atoms. The van der Waals surface area contributed by atoms with Crippen LogP contribution in [0.3, 0.4) is 0 Å². The summed E-state index contributed by atoms with van der Waals surface area (Å²) >= 11 is 0. The highest BCUT2D eigenvalue weighted by Gasteiger charge is 2.09. The summed E-state index contributed by atoms with van der Waals surface area (Å²) in [6.07, 6.45) is 2.38. The highest BCUT2D eigenvalue weighted by atomic mass is 16.5. The molecule has 1 aromatic heterocycles. The number of rotatable bonds is 5. The zero-order valence-corrected chi connectivity index (χ0v) is 9.45. The van der Waals surface area contributed by atoms with Gasteiger partial charge in [-0.2, -0.15) is 4.98 Å². The molecule has 5 heteroatoms. The van der Waals surface area contributed by atoms with Gasteiger partial charge in [0, 0.05) is 6.04 Å². The number of aromatic nitrogens is 2. The summed E-state index contributed by atoms with van der Waals surface area (Å²) in [4.78, 5) is 8.05. The summed E-state index contributed by atoms with van der Waals surface area (Å²) in [5, 5.41) is 3.13. The minimum Gasteiger partial charge on any atom is -0.476 e. The third-order valence-electron chi connectivity index (χ3n) is 1.72. The molecule has 1 heterocycles. The lowest BCUT2D eigenvalue weighted by Crippen LogP contribution is -2.14. The van der Waals surface area contributed by atoms with Crippen molar-refractivity contribution >= 4 is 11.5 Å². The minimum atomic E-state index is 0.279. The molecular weight excluding hydrogens is 192 g/mol. The van der Waals surface area contributed by atoms with E-state index in [1.807, 2.05) is 20.8 Å². The maximum atomic E-state index is 5.86. The zero-order chi connectivity index (χ0) is 11.3. The molecule has 5 nitrogen and oxygen atoms in total. The first-order chi connectivity index (χ1) is 7.15. The van der Waals surface area contributed by atoms with E-state index in [0.29, 0.717) is 24.0 Å². The smallest absolute Gasteiger partial charge is 0.242 e. The Morgan fingerprint density at radius 1 is 1.47 bits per heavy atom. The molecule has 0 unspecified atom stereocenters. The fourth-order valence-corrected chi connectivity index (χ4v) is 1.08. The molecule has 0 aliphatic rings. The number of ether oxygens (including phenoxy) is 1. The van der Waals surface area contributed by atoms with Crippen LogP contribution < -0.4 is 15.8 Å². The fourth-order valence-electron chi connectivity index (χ4n) is 1.08. The van der Waals surface area contributed by atoms with Gasteiger partial charge in [-0.3, -0.25) is 0 Å². The summed E-state index contributed by atoms with van der Waals surface area (Å²) in [5.74, 6) is 1.08. The molecule has 84 valence electrons. The van der Waals surface area contributed by atoms with E-state index in [0.717, 1.165) is 6.42 Å². The average Bonchev–Trinajstić information content (AvgIpc) is 2.19. The van der Waals surface area contributed by atoms with Gasteiger partial charge in [0.25, 0.3) is 0 Å². The SMILES string of the molecule is CCCOc1ncnc(NC(C)C)c1N. The maximum Gasteiger partial charge on any atom is 0.242 e. The van der Waals surface area contributed by atoms with Gasteiger partial charge >= 0.3 is 0 Å². The predicted octanol–water partition coefficient (Wildman–Crippen LogP) is 1.67. The van der Waals surface area contributed by atoms with Gasteiger partial charge in [-0.05, 0) is 20.3 Å². The molecule has 0 aliphatic carbocycles. The van der Waals surface area contributed by atoms with E-state index in [2.05, 4.69) is 15.3 Å². The van der Waals surface area contributed by atoms with Crippen LogP contribution >= 0.6 is 0 Å². The maximum absolute atomic E-state index is 5.86. The molecular formula is C10H18N4O. The van der Waals surface area contributed by atoms with Crippen molar-refractivity contribution in [2.24, 2.45) is 0 Å². The first-order valence-electron chi connectivity index (χ1n) is 5.15. The van der Waals surface area contributed by atoms with E-state index in [1.165, 1.54) is 6.33 Å². The molecule has 15 heavy (non-hydrogen) atoms. The van der Waals surface area contributed by atoms with E-state index in [1.54, 1.807) is 0 Å². The third-order valence-corrected chi connectivity index (χ3v) is 1.72. The minimum absolute atomic E-state index is 0.279. The van der Waals surface area contributed by atoms with Crippen molar-refractivity contribution in [3.8, 4) is 5.88 Å². The number of nitrogen functional groups attached to an aromatic ring is 1. The van der Waals surface area contributed by atoms with Crippen LogP contribution in [-0.4, -0.2) is 22.6 Å². The molecule has 0 atom stereocenters. The van der Waals surface area contributed by atoms with Crippen LogP contribution in [0.25, 0.3) is 0 Å². The Labute approximate surface area is 90.1 Å². The van der Waals surface area contributed by atoms with Crippen LogP contribution in [0.1, 0.15) is 27.2 Å². The highest BCUT2D eigenvalue weighted by Crippen LogP contribution is 2.24. The number of nitrogens with two attached hydrogens (primary N) is 1. The van der Waals surface area contributed by atoms with Gasteiger partial charge < -0.3 is 15.8 Å². The number of anilines is 2. The Kier molecular flexibility index (Phi) is 4.15. The second-order valence-electron chi connectivity index (χ2n) is 3.59. The first kappa shape index (κ1) is 11.6. The van der Waals surface area contributed by atoms with Crippen LogP contribution in [0.4, 0.5) is 11.5 Å². The lowest BCUT2D eigenvalue weighted by Gasteiger charge is -2.13. The normalized spacial score (nSPS) is 10.4. The topological polar surface area (TPSA) is 73.1 Å². The Hall–Kier alpha value is -1.52. The van der Waals surface area contributed by atoms with E-state index >= 15 is 0 Å². The van der Waals surface area contributed by atoms with Gasteiger partial charge in [-0.1, -0.05) is 6.92 Å². The highest BCUT2D eigenvalue weighted by molar-refractivity contribution is 5.66. The summed E-state index contributed by atoms with van der Waals surface area (Å²) < 4.78 is 5.39. The summed E-state index contributed by atoms with van der Waals surface area (Å²) in [7, 11) is 0. The van der Waals surface area contributed by atoms with Crippen molar-refractivity contribution in [3.63, 3.8) is 0 Å².